The van der Waals surface area contributed by atoms with Gasteiger partial charge in [0.05, 0.1) is 23.8 Å². The average Bonchev–Trinajstić information content (AvgIpc) is 3.42. The largest absolute Gasteiger partial charge is 0.396 e. The molecule has 3 heterocycles. The molecule has 11 nitrogen and oxygen atoms in total. The zero-order valence-corrected chi connectivity index (χ0v) is 24.1. The lowest BCUT2D eigenvalue weighted by Crippen LogP contribution is -2.39. The first-order valence-corrected chi connectivity index (χ1v) is 14.4. The third-order valence-electron chi connectivity index (χ3n) is 7.72. The van der Waals surface area contributed by atoms with Crippen LogP contribution in [0.4, 0.5) is 5.00 Å². The van der Waals surface area contributed by atoms with E-state index in [0.717, 1.165) is 50.3 Å². The highest BCUT2D eigenvalue weighted by Gasteiger charge is 2.32. The lowest BCUT2D eigenvalue weighted by Gasteiger charge is -2.28. The Morgan fingerprint density at radius 3 is 2.64 bits per heavy atom. The minimum atomic E-state index is -0.519. The molecule has 0 saturated carbocycles. The number of nitrogens with zero attached hydrogens (tertiary/aromatic N) is 5. The van der Waals surface area contributed by atoms with Crippen molar-refractivity contribution in [2.75, 3.05) is 52.6 Å². The SMILES string of the molecule is CN1CCCC1CO.CN=C(/C=C(\N)C(N)=NC(=O)C1CCCc2sc(N)c(C#N)c21)N1CCNCCC1C. The average molecular weight is 558 g/mol. The smallest absolute Gasteiger partial charge is 0.255 e. The lowest BCUT2D eigenvalue weighted by atomic mass is 9.85. The van der Waals surface area contributed by atoms with Crippen LogP contribution in [0.1, 0.15) is 60.9 Å². The number of amides is 1. The summed E-state index contributed by atoms with van der Waals surface area (Å²) in [6.07, 6.45) is 7.34. The fourth-order valence-electron chi connectivity index (χ4n) is 5.35. The monoisotopic (exact) mass is 557 g/mol. The molecule has 214 valence electrons. The predicted octanol–water partition coefficient (Wildman–Crippen LogP) is 1.13. The van der Waals surface area contributed by atoms with Gasteiger partial charge in [0.2, 0.25) is 0 Å². The van der Waals surface area contributed by atoms with Gasteiger partial charge >= 0.3 is 0 Å². The highest BCUT2D eigenvalue weighted by atomic mass is 32.1. The number of thiophene rings is 1. The van der Waals surface area contributed by atoms with Crippen LogP contribution in [0.3, 0.4) is 0 Å². The van der Waals surface area contributed by atoms with E-state index in [0.29, 0.717) is 47.1 Å². The Hall–Kier alpha value is -2.98. The molecular weight excluding hydrogens is 514 g/mol. The molecule has 3 atom stereocenters. The van der Waals surface area contributed by atoms with Crippen molar-refractivity contribution in [1.29, 1.82) is 5.26 Å². The summed E-state index contributed by atoms with van der Waals surface area (Å²) in [4.78, 5) is 26.8. The Bertz CT molecular complexity index is 1140. The number of rotatable bonds is 4. The number of nitrogens with one attached hydrogen (secondary N) is 1. The van der Waals surface area contributed by atoms with Crippen LogP contribution in [0, 0.1) is 11.3 Å². The number of amidine groups is 2. The second kappa shape index (κ2) is 14.4. The molecule has 2 saturated heterocycles. The quantitative estimate of drug-likeness (QED) is 0.268. The molecule has 12 heteroatoms. The van der Waals surface area contributed by atoms with Crippen molar-refractivity contribution >= 4 is 33.9 Å². The molecule has 1 aromatic rings. The molecule has 39 heavy (non-hydrogen) atoms. The summed E-state index contributed by atoms with van der Waals surface area (Å²) in [6, 6.07) is 2.89. The number of aryl methyl sites for hydroxylation is 1. The van der Waals surface area contributed by atoms with Crippen molar-refractivity contribution in [3.05, 3.63) is 27.8 Å². The highest BCUT2D eigenvalue weighted by Crippen LogP contribution is 2.42. The molecular formula is C27H43N9O2S. The molecule has 8 N–H and O–H groups in total. The number of nitriles is 1. The van der Waals surface area contributed by atoms with Gasteiger partial charge in [-0.1, -0.05) is 0 Å². The number of anilines is 1. The summed E-state index contributed by atoms with van der Waals surface area (Å²) in [5.74, 6) is -0.252. The minimum Gasteiger partial charge on any atom is -0.396 e. The number of fused-ring (bicyclic) bond motifs is 1. The minimum absolute atomic E-state index is 0.0411. The van der Waals surface area contributed by atoms with E-state index in [9.17, 15) is 10.1 Å². The van der Waals surface area contributed by atoms with Crippen molar-refractivity contribution in [3.63, 3.8) is 0 Å². The van der Waals surface area contributed by atoms with Crippen LogP contribution >= 0.6 is 11.3 Å². The number of carbonyl (C=O) groups is 1. The van der Waals surface area contributed by atoms with Crippen LogP contribution < -0.4 is 22.5 Å². The number of nitrogen functional groups attached to an aromatic ring is 1. The fraction of sp³-hybridized carbons (Fsp3) is 0.630. The molecule has 3 unspecified atom stereocenters. The van der Waals surface area contributed by atoms with Gasteiger partial charge in [-0.15, -0.1) is 11.3 Å². The maximum Gasteiger partial charge on any atom is 0.255 e. The normalized spacial score (nSPS) is 24.8. The Kier molecular flexibility index (Phi) is 11.3. The van der Waals surface area contributed by atoms with Gasteiger partial charge in [0.1, 0.15) is 16.9 Å². The summed E-state index contributed by atoms with van der Waals surface area (Å²) in [5, 5.41) is 22.0. The van der Waals surface area contributed by atoms with Crippen LogP contribution in [0.25, 0.3) is 0 Å². The molecule has 1 aromatic heterocycles. The van der Waals surface area contributed by atoms with Crippen LogP contribution in [-0.4, -0.2) is 91.4 Å². The number of aliphatic hydroxyl groups is 1. The third kappa shape index (κ3) is 7.57. The number of aliphatic hydroxyl groups excluding tert-OH is 1. The van der Waals surface area contributed by atoms with Crippen molar-refractivity contribution in [2.45, 2.75) is 63.5 Å². The summed E-state index contributed by atoms with van der Waals surface area (Å²) in [7, 11) is 3.77. The van der Waals surface area contributed by atoms with Crippen LogP contribution in [-0.2, 0) is 11.2 Å². The van der Waals surface area contributed by atoms with E-state index >= 15 is 0 Å². The highest BCUT2D eigenvalue weighted by molar-refractivity contribution is 7.16. The fourth-order valence-corrected chi connectivity index (χ4v) is 6.47. The van der Waals surface area contributed by atoms with Crippen molar-refractivity contribution < 1.29 is 9.90 Å². The molecule has 0 radical (unpaired) electrons. The predicted molar refractivity (Wildman–Crippen MR) is 158 cm³/mol. The van der Waals surface area contributed by atoms with E-state index < -0.39 is 11.8 Å². The number of nitrogens with two attached hydrogens (primary N) is 3. The molecule has 0 bridgehead atoms. The molecule has 0 spiro atoms. The van der Waals surface area contributed by atoms with Gasteiger partial charge in [-0.3, -0.25) is 9.79 Å². The van der Waals surface area contributed by atoms with Crippen molar-refractivity contribution in [2.24, 2.45) is 21.5 Å². The Morgan fingerprint density at radius 1 is 1.26 bits per heavy atom. The van der Waals surface area contributed by atoms with Crippen LogP contribution in [0.15, 0.2) is 21.8 Å². The molecule has 2 aliphatic heterocycles. The Morgan fingerprint density at radius 2 is 2.03 bits per heavy atom. The summed E-state index contributed by atoms with van der Waals surface area (Å²) in [5.41, 5.74) is 19.5. The molecule has 1 aliphatic carbocycles. The number of hydrogen-bond donors (Lipinski definition) is 5. The van der Waals surface area contributed by atoms with Crippen molar-refractivity contribution in [3.8, 4) is 6.07 Å². The molecule has 1 amide bonds. The zero-order chi connectivity index (χ0) is 28.5. The molecule has 2 fully saturated rings. The molecule has 0 aromatic carbocycles. The number of hydrogen-bond acceptors (Lipinski definition) is 9. The maximum atomic E-state index is 13.0. The van der Waals surface area contributed by atoms with E-state index in [1.54, 1.807) is 13.1 Å². The van der Waals surface area contributed by atoms with Gasteiger partial charge in [0.25, 0.3) is 5.91 Å². The van der Waals surface area contributed by atoms with Gasteiger partial charge < -0.3 is 37.4 Å². The number of carbonyl (C=O) groups excluding carboxylic acids is 1. The first-order valence-electron chi connectivity index (χ1n) is 13.6. The van der Waals surface area contributed by atoms with Crippen LogP contribution in [0.5, 0.6) is 0 Å². The summed E-state index contributed by atoms with van der Waals surface area (Å²) < 4.78 is 0. The van der Waals surface area contributed by atoms with E-state index in [4.69, 9.17) is 22.3 Å². The van der Waals surface area contributed by atoms with Gasteiger partial charge in [-0.2, -0.15) is 10.3 Å². The van der Waals surface area contributed by atoms with E-state index in [1.807, 2.05) is 0 Å². The van der Waals surface area contributed by atoms with Gasteiger partial charge in [0.15, 0.2) is 5.84 Å². The topological polar surface area (TPSA) is 182 Å². The lowest BCUT2D eigenvalue weighted by molar-refractivity contribution is -0.119. The Labute approximate surface area is 235 Å². The van der Waals surface area contributed by atoms with Gasteiger partial charge in [-0.25, -0.2) is 0 Å². The molecule has 4 rings (SSSR count). The summed E-state index contributed by atoms with van der Waals surface area (Å²) in [6.45, 7) is 6.24. The van der Waals surface area contributed by atoms with E-state index in [1.165, 1.54) is 24.2 Å². The van der Waals surface area contributed by atoms with Gasteiger partial charge in [0, 0.05) is 43.2 Å². The van der Waals surface area contributed by atoms with Crippen LogP contribution in [0.2, 0.25) is 0 Å². The number of aliphatic imine (C=N–C) groups is 2. The summed E-state index contributed by atoms with van der Waals surface area (Å²) >= 11 is 1.38. The van der Waals surface area contributed by atoms with E-state index in [-0.39, 0.29) is 11.5 Å². The first kappa shape index (κ1) is 30.6. The number of likely N-dealkylation sites (tertiary alicyclic amines) is 1. The zero-order valence-electron chi connectivity index (χ0n) is 23.3. The Balaban J connectivity index is 0.000000449. The van der Waals surface area contributed by atoms with Gasteiger partial charge in [-0.05, 0) is 71.1 Å². The van der Waals surface area contributed by atoms with Crippen molar-refractivity contribution in [1.82, 2.24) is 15.1 Å². The maximum absolute atomic E-state index is 13.0. The second-order valence-corrected chi connectivity index (χ2v) is 11.4. The first-order chi connectivity index (χ1) is 18.7. The standard InChI is InChI=1S/C21H30N8OS.C6H13NO/c1-12-6-7-27-8-9-29(12)17(26-2)10-15(23)19(24)28-21(30)13-4-3-5-16-18(13)14(11-22)20(25)31-16;1-7-4-2-3-6(7)5-8/h10,12-13,27H,3-9,23,25H2,1-2H3,(H2,24,28,30);6,8H,2-5H2,1H3/b15-10-,26-17?;. The number of likely N-dealkylation sites (N-methyl/N-ethyl adjacent to an activating group) is 1. The third-order valence-corrected chi connectivity index (χ3v) is 8.82. The second-order valence-electron chi connectivity index (χ2n) is 10.3. The van der Waals surface area contributed by atoms with E-state index in [2.05, 4.69) is 45.1 Å². The molecule has 3 aliphatic rings.